The van der Waals surface area contributed by atoms with Crippen molar-refractivity contribution in [1.29, 1.82) is 0 Å². The van der Waals surface area contributed by atoms with Crippen LogP contribution in [-0.2, 0) is 14.8 Å². The fourth-order valence-electron chi connectivity index (χ4n) is 2.95. The number of benzene rings is 1. The van der Waals surface area contributed by atoms with Crippen LogP contribution in [0.2, 0.25) is 0 Å². The largest absolute Gasteiger partial charge is 0.495 e. The van der Waals surface area contributed by atoms with Crippen molar-refractivity contribution in [3.05, 3.63) is 45.1 Å². The lowest BCUT2D eigenvalue weighted by Gasteiger charge is -2.26. The zero-order valence-electron chi connectivity index (χ0n) is 15.4. The molecular formula is C19H21BrN2O4S2. The van der Waals surface area contributed by atoms with Gasteiger partial charge in [-0.2, -0.15) is 4.31 Å². The Morgan fingerprint density at radius 3 is 2.61 bits per heavy atom. The molecule has 1 aromatic heterocycles. The van der Waals surface area contributed by atoms with Gasteiger partial charge in [-0.3, -0.25) is 4.79 Å². The third-order valence-electron chi connectivity index (χ3n) is 4.37. The van der Waals surface area contributed by atoms with Gasteiger partial charge in [0.2, 0.25) is 15.9 Å². The van der Waals surface area contributed by atoms with Gasteiger partial charge < -0.3 is 10.1 Å². The van der Waals surface area contributed by atoms with Crippen molar-refractivity contribution >= 4 is 55.0 Å². The Labute approximate surface area is 177 Å². The van der Waals surface area contributed by atoms with Gasteiger partial charge >= 0.3 is 0 Å². The van der Waals surface area contributed by atoms with Crippen molar-refractivity contribution in [2.75, 3.05) is 25.5 Å². The Hall–Kier alpha value is -1.68. The standard InChI is InChI=1S/C19H21BrN2O4S2/c1-26-17-8-7-15(28(24,25)22-11-3-2-4-12-22)13-16(17)21-19(23)10-6-14-5-9-18(20)27-14/h5-10,13H,2-4,11-12H2,1H3,(H,21,23)/b10-6+. The van der Waals surface area contributed by atoms with Gasteiger partial charge in [0.1, 0.15) is 5.75 Å². The number of methoxy groups -OCH3 is 1. The number of rotatable bonds is 6. The van der Waals surface area contributed by atoms with Gasteiger partial charge in [-0.1, -0.05) is 6.42 Å². The molecule has 2 aromatic rings. The Bertz CT molecular complexity index is 980. The molecule has 0 bridgehead atoms. The molecule has 2 heterocycles. The molecule has 0 atom stereocenters. The molecular weight excluding hydrogens is 464 g/mol. The van der Waals surface area contributed by atoms with Gasteiger partial charge in [-0.25, -0.2) is 8.42 Å². The molecule has 1 fully saturated rings. The van der Waals surface area contributed by atoms with Crippen molar-refractivity contribution in [2.24, 2.45) is 0 Å². The summed E-state index contributed by atoms with van der Waals surface area (Å²) in [4.78, 5) is 13.4. The number of nitrogens with zero attached hydrogens (tertiary/aromatic N) is 1. The molecule has 1 saturated heterocycles. The molecule has 1 aliphatic heterocycles. The number of anilines is 1. The molecule has 0 unspecified atom stereocenters. The van der Waals surface area contributed by atoms with E-state index in [1.54, 1.807) is 12.1 Å². The van der Waals surface area contributed by atoms with Crippen LogP contribution in [0.4, 0.5) is 5.69 Å². The summed E-state index contributed by atoms with van der Waals surface area (Å²) in [5, 5.41) is 2.71. The third kappa shape index (κ3) is 5.02. The van der Waals surface area contributed by atoms with E-state index in [-0.39, 0.29) is 10.8 Å². The average molecular weight is 485 g/mol. The summed E-state index contributed by atoms with van der Waals surface area (Å²) in [6.45, 7) is 1.05. The number of amides is 1. The number of nitrogens with one attached hydrogen (secondary N) is 1. The van der Waals surface area contributed by atoms with Crippen LogP contribution in [0.25, 0.3) is 6.08 Å². The fraction of sp³-hybridized carbons (Fsp3) is 0.316. The first kappa shape index (κ1) is 21.0. The molecule has 0 aliphatic carbocycles. The smallest absolute Gasteiger partial charge is 0.248 e. The van der Waals surface area contributed by atoms with Gasteiger partial charge in [0.25, 0.3) is 0 Å². The first-order valence-corrected chi connectivity index (χ1v) is 11.9. The Balaban J connectivity index is 1.80. The monoisotopic (exact) mass is 484 g/mol. The van der Waals surface area contributed by atoms with E-state index < -0.39 is 10.0 Å². The van der Waals surface area contributed by atoms with Crippen LogP contribution in [0, 0.1) is 0 Å². The molecule has 1 aromatic carbocycles. The fourth-order valence-corrected chi connectivity index (χ4v) is 5.82. The molecule has 0 saturated carbocycles. The molecule has 150 valence electrons. The predicted molar refractivity (Wildman–Crippen MR) is 115 cm³/mol. The van der Waals surface area contributed by atoms with E-state index in [1.165, 1.54) is 41.0 Å². The van der Waals surface area contributed by atoms with Gasteiger partial charge in [-0.15, -0.1) is 11.3 Å². The number of carbonyl (C=O) groups is 1. The summed E-state index contributed by atoms with van der Waals surface area (Å²) in [5.41, 5.74) is 0.322. The van der Waals surface area contributed by atoms with Crippen LogP contribution in [0.3, 0.4) is 0 Å². The normalized spacial score (nSPS) is 15.6. The highest BCUT2D eigenvalue weighted by Crippen LogP contribution is 2.30. The van der Waals surface area contributed by atoms with Gasteiger partial charge in [-0.05, 0) is 65.2 Å². The maximum absolute atomic E-state index is 12.9. The van der Waals surface area contributed by atoms with Crippen molar-refractivity contribution in [1.82, 2.24) is 4.31 Å². The van der Waals surface area contributed by atoms with Crippen LogP contribution >= 0.6 is 27.3 Å². The van der Waals surface area contributed by atoms with E-state index in [9.17, 15) is 13.2 Å². The number of carbonyl (C=O) groups excluding carboxylic acids is 1. The van der Waals surface area contributed by atoms with Crippen LogP contribution in [-0.4, -0.2) is 38.8 Å². The summed E-state index contributed by atoms with van der Waals surface area (Å²) in [7, 11) is -2.12. The maximum atomic E-state index is 12.9. The second kappa shape index (κ2) is 9.21. The maximum Gasteiger partial charge on any atom is 0.248 e. The minimum absolute atomic E-state index is 0.150. The molecule has 28 heavy (non-hydrogen) atoms. The summed E-state index contributed by atoms with van der Waals surface area (Å²) in [5.74, 6) is 0.0357. The van der Waals surface area contributed by atoms with E-state index in [1.807, 2.05) is 12.1 Å². The minimum atomic E-state index is -3.59. The lowest BCUT2D eigenvalue weighted by Crippen LogP contribution is -2.35. The predicted octanol–water partition coefficient (Wildman–Crippen LogP) is 4.35. The Morgan fingerprint density at radius 2 is 1.96 bits per heavy atom. The Kier molecular flexibility index (Phi) is 6.92. The van der Waals surface area contributed by atoms with E-state index in [0.717, 1.165) is 27.9 Å². The van der Waals surface area contributed by atoms with E-state index in [0.29, 0.717) is 24.5 Å². The number of sulfonamides is 1. The van der Waals surface area contributed by atoms with Crippen molar-refractivity contribution < 1.29 is 17.9 Å². The van der Waals surface area contributed by atoms with E-state index >= 15 is 0 Å². The van der Waals surface area contributed by atoms with Crippen molar-refractivity contribution in [2.45, 2.75) is 24.2 Å². The van der Waals surface area contributed by atoms with E-state index in [2.05, 4.69) is 21.2 Å². The highest BCUT2D eigenvalue weighted by atomic mass is 79.9. The van der Waals surface area contributed by atoms with Crippen molar-refractivity contribution in [3.63, 3.8) is 0 Å². The highest BCUT2D eigenvalue weighted by Gasteiger charge is 2.26. The lowest BCUT2D eigenvalue weighted by atomic mass is 10.2. The van der Waals surface area contributed by atoms with Crippen LogP contribution in [0.15, 0.2) is 45.1 Å². The van der Waals surface area contributed by atoms with Crippen LogP contribution in [0.1, 0.15) is 24.1 Å². The quantitative estimate of drug-likeness (QED) is 0.618. The number of hydrogen-bond donors (Lipinski definition) is 1. The molecule has 0 spiro atoms. The first-order valence-electron chi connectivity index (χ1n) is 8.83. The second-order valence-electron chi connectivity index (χ2n) is 6.29. The molecule has 9 heteroatoms. The molecule has 1 aliphatic rings. The van der Waals surface area contributed by atoms with Gasteiger partial charge in [0.05, 0.1) is 21.5 Å². The topological polar surface area (TPSA) is 75.7 Å². The zero-order chi connectivity index (χ0) is 20.1. The summed E-state index contributed by atoms with van der Waals surface area (Å²) >= 11 is 4.88. The number of hydrogen-bond acceptors (Lipinski definition) is 5. The van der Waals surface area contributed by atoms with Gasteiger partial charge in [0.15, 0.2) is 0 Å². The molecule has 3 rings (SSSR count). The summed E-state index contributed by atoms with van der Waals surface area (Å²) < 4.78 is 33.5. The number of halogens is 1. The first-order chi connectivity index (χ1) is 13.4. The Morgan fingerprint density at radius 1 is 1.21 bits per heavy atom. The zero-order valence-corrected chi connectivity index (χ0v) is 18.6. The average Bonchev–Trinajstić information content (AvgIpc) is 3.12. The molecule has 1 N–H and O–H groups in total. The molecule has 1 amide bonds. The third-order valence-corrected chi connectivity index (χ3v) is 7.86. The van der Waals surface area contributed by atoms with Gasteiger partial charge in [0, 0.05) is 24.0 Å². The number of piperidine rings is 1. The number of ether oxygens (including phenoxy) is 1. The molecule has 0 radical (unpaired) electrons. The number of thiophene rings is 1. The van der Waals surface area contributed by atoms with E-state index in [4.69, 9.17) is 4.74 Å². The van der Waals surface area contributed by atoms with Crippen molar-refractivity contribution in [3.8, 4) is 5.75 Å². The van der Waals surface area contributed by atoms with Crippen LogP contribution < -0.4 is 10.1 Å². The lowest BCUT2D eigenvalue weighted by molar-refractivity contribution is -0.111. The summed E-state index contributed by atoms with van der Waals surface area (Å²) in [6.07, 6.45) is 5.88. The highest BCUT2D eigenvalue weighted by molar-refractivity contribution is 9.11. The summed E-state index contributed by atoms with van der Waals surface area (Å²) in [6, 6.07) is 8.32. The van der Waals surface area contributed by atoms with Crippen LogP contribution in [0.5, 0.6) is 5.75 Å². The second-order valence-corrected chi connectivity index (χ2v) is 10.7. The SMILES string of the molecule is COc1ccc(S(=O)(=O)N2CCCCC2)cc1NC(=O)/C=C/c1ccc(Br)s1. The minimum Gasteiger partial charge on any atom is -0.495 e. The molecule has 6 nitrogen and oxygen atoms in total.